The van der Waals surface area contributed by atoms with E-state index in [4.69, 9.17) is 9.47 Å². The van der Waals surface area contributed by atoms with Crippen LogP contribution in [0.25, 0.3) is 0 Å². The van der Waals surface area contributed by atoms with Crippen LogP contribution >= 0.6 is 24.0 Å². The van der Waals surface area contributed by atoms with Crippen LogP contribution in [-0.2, 0) is 15.9 Å². The molecule has 0 aliphatic heterocycles. The fraction of sp³-hybridized carbons (Fsp3) is 0.611. The summed E-state index contributed by atoms with van der Waals surface area (Å²) in [7, 11) is 1.67. The average molecular weight is 465 g/mol. The van der Waals surface area contributed by atoms with Crippen molar-refractivity contribution in [1.82, 2.24) is 10.6 Å². The Morgan fingerprint density at radius 2 is 1.84 bits per heavy atom. The monoisotopic (exact) mass is 465 g/mol. The molecular formula is C18H32IN3O3. The van der Waals surface area contributed by atoms with E-state index in [9.17, 15) is 5.11 Å². The van der Waals surface area contributed by atoms with Gasteiger partial charge >= 0.3 is 0 Å². The zero-order valence-electron chi connectivity index (χ0n) is 15.3. The Kier molecular flexibility index (Phi) is 15.7. The Balaban J connectivity index is 0.00000576. The topological polar surface area (TPSA) is 75.1 Å². The van der Waals surface area contributed by atoms with Gasteiger partial charge in [0.25, 0.3) is 0 Å². The largest absolute Gasteiger partial charge is 0.508 e. The van der Waals surface area contributed by atoms with Crippen LogP contribution in [0.15, 0.2) is 29.3 Å². The van der Waals surface area contributed by atoms with Gasteiger partial charge in [-0.2, -0.15) is 0 Å². The molecule has 0 saturated heterocycles. The number of aliphatic imine (C=N–C) groups is 1. The minimum absolute atomic E-state index is 0. The van der Waals surface area contributed by atoms with Crippen molar-refractivity contribution < 1.29 is 14.6 Å². The SMILES string of the molecule is CCNC(=NCCCc1ccc(O)cc1)NCCCOCCOC.I. The van der Waals surface area contributed by atoms with E-state index in [2.05, 4.69) is 22.5 Å². The molecule has 0 saturated carbocycles. The van der Waals surface area contributed by atoms with Crippen molar-refractivity contribution in [2.45, 2.75) is 26.2 Å². The van der Waals surface area contributed by atoms with Gasteiger partial charge in [-0.15, -0.1) is 24.0 Å². The molecule has 7 heteroatoms. The normalized spacial score (nSPS) is 11.0. The molecule has 6 nitrogen and oxygen atoms in total. The van der Waals surface area contributed by atoms with Crippen LogP contribution < -0.4 is 10.6 Å². The van der Waals surface area contributed by atoms with Gasteiger partial charge < -0.3 is 25.2 Å². The number of nitrogens with zero attached hydrogens (tertiary/aromatic N) is 1. The van der Waals surface area contributed by atoms with Crippen LogP contribution in [0, 0.1) is 0 Å². The molecule has 0 aromatic heterocycles. The molecule has 25 heavy (non-hydrogen) atoms. The van der Waals surface area contributed by atoms with E-state index < -0.39 is 0 Å². The van der Waals surface area contributed by atoms with E-state index in [0.717, 1.165) is 51.5 Å². The summed E-state index contributed by atoms with van der Waals surface area (Å²) in [6, 6.07) is 7.34. The number of phenolic OH excluding ortho intramolecular Hbond substituents is 1. The Morgan fingerprint density at radius 3 is 2.52 bits per heavy atom. The molecule has 0 atom stereocenters. The third kappa shape index (κ3) is 12.9. The molecule has 0 bridgehead atoms. The Hall–Kier alpha value is -1.06. The van der Waals surface area contributed by atoms with Gasteiger partial charge in [-0.3, -0.25) is 4.99 Å². The second-order valence-electron chi connectivity index (χ2n) is 5.42. The molecule has 1 rings (SSSR count). The van der Waals surface area contributed by atoms with Gasteiger partial charge in [-0.25, -0.2) is 0 Å². The maximum absolute atomic E-state index is 9.27. The van der Waals surface area contributed by atoms with Gasteiger partial charge in [0.05, 0.1) is 13.2 Å². The number of methoxy groups -OCH3 is 1. The van der Waals surface area contributed by atoms with Crippen LogP contribution in [-0.4, -0.2) is 57.6 Å². The molecular weight excluding hydrogens is 433 g/mol. The Morgan fingerprint density at radius 1 is 1.08 bits per heavy atom. The number of rotatable bonds is 12. The van der Waals surface area contributed by atoms with Crippen LogP contribution in [0.3, 0.4) is 0 Å². The number of phenols is 1. The summed E-state index contributed by atoms with van der Waals surface area (Å²) >= 11 is 0. The van der Waals surface area contributed by atoms with E-state index >= 15 is 0 Å². The molecule has 3 N–H and O–H groups in total. The quantitative estimate of drug-likeness (QED) is 0.192. The summed E-state index contributed by atoms with van der Waals surface area (Å²) in [4.78, 5) is 4.58. The highest BCUT2D eigenvalue weighted by atomic mass is 127. The molecule has 1 aromatic carbocycles. The third-order valence-corrected chi connectivity index (χ3v) is 3.36. The molecule has 0 aliphatic carbocycles. The van der Waals surface area contributed by atoms with Crippen LogP contribution in [0.4, 0.5) is 0 Å². The zero-order valence-corrected chi connectivity index (χ0v) is 17.6. The van der Waals surface area contributed by atoms with Crippen molar-refractivity contribution in [3.63, 3.8) is 0 Å². The molecule has 0 radical (unpaired) electrons. The van der Waals surface area contributed by atoms with Crippen molar-refractivity contribution in [3.05, 3.63) is 29.8 Å². The minimum Gasteiger partial charge on any atom is -0.508 e. The molecule has 0 spiro atoms. The summed E-state index contributed by atoms with van der Waals surface area (Å²) in [5, 5.41) is 15.8. The number of ether oxygens (including phenoxy) is 2. The number of guanidine groups is 1. The first kappa shape index (κ1) is 23.9. The molecule has 1 aromatic rings. The van der Waals surface area contributed by atoms with Crippen molar-refractivity contribution in [2.75, 3.05) is 46.6 Å². The summed E-state index contributed by atoms with van der Waals surface area (Å²) in [6.07, 6.45) is 2.86. The van der Waals surface area contributed by atoms with Gasteiger partial charge in [0, 0.05) is 33.4 Å². The molecule has 0 aliphatic rings. The second kappa shape index (κ2) is 16.4. The maximum atomic E-state index is 9.27. The molecule has 0 heterocycles. The lowest BCUT2D eigenvalue weighted by Gasteiger charge is -2.11. The molecule has 0 amide bonds. The van der Waals surface area contributed by atoms with Crippen molar-refractivity contribution >= 4 is 29.9 Å². The minimum atomic E-state index is 0. The summed E-state index contributed by atoms with van der Waals surface area (Å²) in [5.74, 6) is 1.15. The first-order chi connectivity index (χ1) is 11.8. The van der Waals surface area contributed by atoms with Gasteiger partial charge in [-0.05, 0) is 43.9 Å². The summed E-state index contributed by atoms with van der Waals surface area (Å²) in [5.41, 5.74) is 1.22. The number of aromatic hydroxyl groups is 1. The van der Waals surface area contributed by atoms with E-state index in [1.807, 2.05) is 12.1 Å². The van der Waals surface area contributed by atoms with E-state index in [1.54, 1.807) is 19.2 Å². The highest BCUT2D eigenvalue weighted by molar-refractivity contribution is 14.0. The summed E-state index contributed by atoms with van der Waals surface area (Å²) < 4.78 is 10.4. The predicted octanol–water partition coefficient (Wildman–Crippen LogP) is 2.55. The lowest BCUT2D eigenvalue weighted by Crippen LogP contribution is -2.38. The van der Waals surface area contributed by atoms with Crippen LogP contribution in [0.1, 0.15) is 25.3 Å². The lowest BCUT2D eigenvalue weighted by atomic mass is 10.1. The van der Waals surface area contributed by atoms with E-state index in [1.165, 1.54) is 5.56 Å². The highest BCUT2D eigenvalue weighted by Crippen LogP contribution is 2.10. The lowest BCUT2D eigenvalue weighted by molar-refractivity contribution is 0.0698. The second-order valence-corrected chi connectivity index (χ2v) is 5.42. The number of benzene rings is 1. The standard InChI is InChI=1S/C18H31N3O3.HI/c1-3-19-18(21-12-5-13-24-15-14-23-2)20-11-4-6-16-7-9-17(22)10-8-16;/h7-10,22H,3-6,11-15H2,1-2H3,(H2,19,20,21);1H. The van der Waals surface area contributed by atoms with E-state index in [0.29, 0.717) is 19.0 Å². The van der Waals surface area contributed by atoms with Crippen molar-refractivity contribution in [3.8, 4) is 5.75 Å². The number of hydrogen-bond donors (Lipinski definition) is 3. The smallest absolute Gasteiger partial charge is 0.191 e. The third-order valence-electron chi connectivity index (χ3n) is 3.36. The highest BCUT2D eigenvalue weighted by Gasteiger charge is 1.98. The Labute approximate surface area is 168 Å². The molecule has 0 unspecified atom stereocenters. The van der Waals surface area contributed by atoms with Crippen molar-refractivity contribution in [1.29, 1.82) is 0 Å². The number of halogens is 1. The fourth-order valence-electron chi connectivity index (χ4n) is 2.10. The predicted molar refractivity (Wildman–Crippen MR) is 113 cm³/mol. The van der Waals surface area contributed by atoms with Gasteiger partial charge in [0.2, 0.25) is 0 Å². The number of aryl methyl sites for hydroxylation is 1. The summed E-state index contributed by atoms with van der Waals surface area (Å²) in [6.45, 7) is 6.49. The van der Waals surface area contributed by atoms with E-state index in [-0.39, 0.29) is 24.0 Å². The number of nitrogens with one attached hydrogen (secondary N) is 2. The number of hydrogen-bond acceptors (Lipinski definition) is 4. The van der Waals surface area contributed by atoms with Gasteiger partial charge in [0.15, 0.2) is 5.96 Å². The average Bonchev–Trinajstić information content (AvgIpc) is 2.59. The fourth-order valence-corrected chi connectivity index (χ4v) is 2.10. The molecule has 0 fully saturated rings. The van der Waals surface area contributed by atoms with Gasteiger partial charge in [-0.1, -0.05) is 12.1 Å². The first-order valence-electron chi connectivity index (χ1n) is 8.63. The van der Waals surface area contributed by atoms with Gasteiger partial charge in [0.1, 0.15) is 5.75 Å². The molecule has 144 valence electrons. The Bertz CT molecular complexity index is 455. The zero-order chi connectivity index (χ0) is 17.5. The maximum Gasteiger partial charge on any atom is 0.191 e. The van der Waals surface area contributed by atoms with Crippen LogP contribution in [0.5, 0.6) is 5.75 Å². The van der Waals surface area contributed by atoms with Crippen LogP contribution in [0.2, 0.25) is 0 Å². The first-order valence-corrected chi connectivity index (χ1v) is 8.63. The van der Waals surface area contributed by atoms with Crippen molar-refractivity contribution in [2.24, 2.45) is 4.99 Å².